The molecule has 0 radical (unpaired) electrons. The van der Waals surface area contributed by atoms with Crippen LogP contribution in [0.1, 0.15) is 12.0 Å². The maximum atomic E-state index is 12.2. The Bertz CT molecular complexity index is 977. The van der Waals surface area contributed by atoms with E-state index in [0.717, 1.165) is 21.4 Å². The predicted molar refractivity (Wildman–Crippen MR) is 121 cm³/mol. The number of rotatable bonds is 8. The molecular formula is C23H22BrN3O2. The lowest BCUT2D eigenvalue weighted by atomic mass is 10.1. The van der Waals surface area contributed by atoms with Crippen LogP contribution < -0.4 is 16.0 Å². The molecule has 0 saturated carbocycles. The van der Waals surface area contributed by atoms with Crippen molar-refractivity contribution >= 4 is 44.8 Å². The van der Waals surface area contributed by atoms with Gasteiger partial charge in [-0.05, 0) is 58.2 Å². The fraction of sp³-hybridized carbons (Fsp3) is 0.130. The Hall–Kier alpha value is -3.12. The van der Waals surface area contributed by atoms with Crippen LogP contribution in [0.25, 0.3) is 0 Å². The van der Waals surface area contributed by atoms with Crippen LogP contribution in [0.4, 0.5) is 17.1 Å². The van der Waals surface area contributed by atoms with E-state index in [1.165, 1.54) is 0 Å². The molecule has 0 spiro atoms. The monoisotopic (exact) mass is 451 g/mol. The zero-order valence-electron chi connectivity index (χ0n) is 15.8. The van der Waals surface area contributed by atoms with Crippen molar-refractivity contribution in [3.05, 3.63) is 88.9 Å². The van der Waals surface area contributed by atoms with Crippen molar-refractivity contribution in [1.29, 1.82) is 0 Å². The first-order valence-corrected chi connectivity index (χ1v) is 10.1. The average molecular weight is 452 g/mol. The second-order valence-corrected chi connectivity index (χ2v) is 7.35. The highest BCUT2D eigenvalue weighted by Gasteiger charge is 2.07. The van der Waals surface area contributed by atoms with Gasteiger partial charge in [-0.15, -0.1) is 0 Å². The lowest BCUT2D eigenvalue weighted by Gasteiger charge is -2.11. The summed E-state index contributed by atoms with van der Waals surface area (Å²) in [4.78, 5) is 24.4. The summed E-state index contributed by atoms with van der Waals surface area (Å²) < 4.78 is 0.827. The standard InChI is InChI=1S/C23H22BrN3O2/c24-20-11-4-5-12-21(20)27-23(29)16-25-18-9-6-10-19(15-18)26-22(28)14-13-17-7-2-1-3-8-17/h1-12,15,25H,13-14,16H2,(H,26,28)(H,27,29). The number of hydrogen-bond donors (Lipinski definition) is 3. The first-order chi connectivity index (χ1) is 14.1. The highest BCUT2D eigenvalue weighted by Crippen LogP contribution is 2.21. The quantitative estimate of drug-likeness (QED) is 0.447. The van der Waals surface area contributed by atoms with Crippen LogP contribution in [-0.2, 0) is 16.0 Å². The van der Waals surface area contributed by atoms with Crippen molar-refractivity contribution in [1.82, 2.24) is 0 Å². The molecule has 2 amide bonds. The van der Waals surface area contributed by atoms with Crippen LogP contribution in [0.5, 0.6) is 0 Å². The van der Waals surface area contributed by atoms with Gasteiger partial charge >= 0.3 is 0 Å². The van der Waals surface area contributed by atoms with Crippen LogP contribution in [0.2, 0.25) is 0 Å². The van der Waals surface area contributed by atoms with Crippen LogP contribution in [0.3, 0.4) is 0 Å². The summed E-state index contributed by atoms with van der Waals surface area (Å²) in [6.07, 6.45) is 1.11. The Morgan fingerprint density at radius 2 is 1.48 bits per heavy atom. The molecule has 0 heterocycles. The number of hydrogen-bond acceptors (Lipinski definition) is 3. The lowest BCUT2D eigenvalue weighted by molar-refractivity contribution is -0.116. The molecule has 3 rings (SSSR count). The summed E-state index contributed by atoms with van der Waals surface area (Å²) >= 11 is 3.41. The fourth-order valence-corrected chi connectivity index (χ4v) is 3.16. The lowest BCUT2D eigenvalue weighted by Crippen LogP contribution is -2.22. The number of halogens is 1. The zero-order valence-corrected chi connectivity index (χ0v) is 17.4. The number of carbonyl (C=O) groups is 2. The van der Waals surface area contributed by atoms with Gasteiger partial charge in [-0.25, -0.2) is 0 Å². The van der Waals surface area contributed by atoms with Crippen LogP contribution >= 0.6 is 15.9 Å². The molecule has 0 aromatic heterocycles. The van der Waals surface area contributed by atoms with Gasteiger partial charge in [0.15, 0.2) is 0 Å². The van der Waals surface area contributed by atoms with Gasteiger partial charge in [-0.3, -0.25) is 9.59 Å². The summed E-state index contributed by atoms with van der Waals surface area (Å²) in [5, 5.41) is 8.82. The molecule has 0 unspecified atom stereocenters. The Morgan fingerprint density at radius 3 is 2.28 bits per heavy atom. The van der Waals surface area contributed by atoms with Gasteiger partial charge in [-0.2, -0.15) is 0 Å². The minimum Gasteiger partial charge on any atom is -0.376 e. The van der Waals surface area contributed by atoms with Gasteiger partial charge in [0.1, 0.15) is 0 Å². The summed E-state index contributed by atoms with van der Waals surface area (Å²) in [6.45, 7) is 0.118. The largest absolute Gasteiger partial charge is 0.376 e. The molecule has 3 N–H and O–H groups in total. The third kappa shape index (κ3) is 6.76. The number of benzene rings is 3. The molecule has 0 fully saturated rings. The maximum Gasteiger partial charge on any atom is 0.243 e. The first kappa shape index (κ1) is 20.6. The fourth-order valence-electron chi connectivity index (χ4n) is 2.77. The van der Waals surface area contributed by atoms with E-state index in [4.69, 9.17) is 0 Å². The number of amides is 2. The molecule has 148 valence electrons. The molecule has 0 saturated heterocycles. The van der Waals surface area contributed by atoms with Crippen LogP contribution in [0, 0.1) is 0 Å². The topological polar surface area (TPSA) is 70.2 Å². The Balaban J connectivity index is 1.48. The molecule has 0 aliphatic rings. The van der Waals surface area contributed by atoms with Gasteiger partial charge in [0.25, 0.3) is 0 Å². The molecule has 5 nitrogen and oxygen atoms in total. The van der Waals surface area contributed by atoms with E-state index in [0.29, 0.717) is 18.5 Å². The predicted octanol–water partition coefficient (Wildman–Crippen LogP) is 5.07. The third-order valence-electron chi connectivity index (χ3n) is 4.23. The van der Waals surface area contributed by atoms with E-state index in [9.17, 15) is 9.59 Å². The minimum atomic E-state index is -0.158. The van der Waals surface area contributed by atoms with E-state index < -0.39 is 0 Å². The van der Waals surface area contributed by atoms with Crippen molar-refractivity contribution in [2.75, 3.05) is 22.5 Å². The van der Waals surface area contributed by atoms with E-state index in [1.807, 2.05) is 78.9 Å². The smallest absolute Gasteiger partial charge is 0.243 e. The van der Waals surface area contributed by atoms with Crippen molar-refractivity contribution in [3.8, 4) is 0 Å². The van der Waals surface area contributed by atoms with Gasteiger partial charge < -0.3 is 16.0 Å². The van der Waals surface area contributed by atoms with Crippen LogP contribution in [-0.4, -0.2) is 18.4 Å². The Labute approximate surface area is 178 Å². The highest BCUT2D eigenvalue weighted by atomic mass is 79.9. The van der Waals surface area contributed by atoms with Crippen molar-refractivity contribution < 1.29 is 9.59 Å². The van der Waals surface area contributed by atoms with Gasteiger partial charge in [0.05, 0.1) is 12.2 Å². The summed E-state index contributed by atoms with van der Waals surface area (Å²) in [5.41, 5.74) is 3.31. The van der Waals surface area contributed by atoms with E-state index >= 15 is 0 Å². The van der Waals surface area contributed by atoms with E-state index in [-0.39, 0.29) is 18.4 Å². The Kier molecular flexibility index (Phi) is 7.41. The number of nitrogens with one attached hydrogen (secondary N) is 3. The summed E-state index contributed by atoms with van der Waals surface area (Å²) in [7, 11) is 0. The SMILES string of the molecule is O=C(CCc1ccccc1)Nc1cccc(NCC(=O)Nc2ccccc2Br)c1. The summed E-state index contributed by atoms with van der Waals surface area (Å²) in [6, 6.07) is 24.7. The molecule has 29 heavy (non-hydrogen) atoms. The van der Waals surface area contributed by atoms with E-state index in [2.05, 4.69) is 31.9 Å². The van der Waals surface area contributed by atoms with Crippen molar-refractivity contribution in [2.45, 2.75) is 12.8 Å². The second-order valence-electron chi connectivity index (χ2n) is 6.50. The van der Waals surface area contributed by atoms with Crippen LogP contribution in [0.15, 0.2) is 83.3 Å². The van der Waals surface area contributed by atoms with Gasteiger partial charge in [0.2, 0.25) is 11.8 Å². The second kappa shape index (κ2) is 10.4. The minimum absolute atomic E-state index is 0.0438. The normalized spacial score (nSPS) is 10.2. The first-order valence-electron chi connectivity index (χ1n) is 9.32. The maximum absolute atomic E-state index is 12.2. The molecule has 0 bridgehead atoms. The Morgan fingerprint density at radius 1 is 0.759 bits per heavy atom. The molecule has 0 aliphatic carbocycles. The van der Waals surface area contributed by atoms with Gasteiger partial charge in [0, 0.05) is 22.3 Å². The highest BCUT2D eigenvalue weighted by molar-refractivity contribution is 9.10. The van der Waals surface area contributed by atoms with E-state index in [1.54, 1.807) is 0 Å². The number of anilines is 3. The molecule has 6 heteroatoms. The average Bonchev–Trinajstić information content (AvgIpc) is 2.73. The third-order valence-corrected chi connectivity index (χ3v) is 4.92. The van der Waals surface area contributed by atoms with Crippen molar-refractivity contribution in [2.24, 2.45) is 0 Å². The van der Waals surface area contributed by atoms with Crippen molar-refractivity contribution in [3.63, 3.8) is 0 Å². The number of aryl methyl sites for hydroxylation is 1. The number of para-hydroxylation sites is 1. The van der Waals surface area contributed by atoms with Gasteiger partial charge in [-0.1, -0.05) is 48.5 Å². The zero-order chi connectivity index (χ0) is 20.5. The number of carbonyl (C=O) groups excluding carboxylic acids is 2. The molecule has 0 aliphatic heterocycles. The molecule has 3 aromatic rings. The molecule has 0 atom stereocenters. The molecule has 3 aromatic carbocycles. The molecular weight excluding hydrogens is 430 g/mol. The summed E-state index contributed by atoms with van der Waals surface area (Å²) in [5.74, 6) is -0.202.